The zero-order chi connectivity index (χ0) is 30.2. The lowest BCUT2D eigenvalue weighted by molar-refractivity contribution is -0.140. The summed E-state index contributed by atoms with van der Waals surface area (Å²) in [5.41, 5.74) is 3.32. The van der Waals surface area contributed by atoms with Gasteiger partial charge in [0.25, 0.3) is 5.56 Å². The lowest BCUT2D eigenvalue weighted by Crippen LogP contribution is -2.40. The van der Waals surface area contributed by atoms with Gasteiger partial charge in [-0.1, -0.05) is 81.3 Å². The summed E-state index contributed by atoms with van der Waals surface area (Å²) in [6, 6.07) is 13.0. The number of para-hydroxylation sites is 1. The van der Waals surface area contributed by atoms with Crippen molar-refractivity contribution in [3.63, 3.8) is 0 Å². The van der Waals surface area contributed by atoms with E-state index in [2.05, 4.69) is 20.8 Å². The number of hydrogen-bond acceptors (Lipinski definition) is 8. The molecule has 1 unspecified atom stereocenters. The predicted molar refractivity (Wildman–Crippen MR) is 165 cm³/mol. The van der Waals surface area contributed by atoms with Crippen LogP contribution in [-0.4, -0.2) is 44.6 Å². The van der Waals surface area contributed by atoms with Crippen molar-refractivity contribution >= 4 is 23.4 Å². The molecule has 2 aromatic carbocycles. The van der Waals surface area contributed by atoms with Gasteiger partial charge in [0.2, 0.25) is 0 Å². The van der Waals surface area contributed by atoms with Gasteiger partial charge in [-0.3, -0.25) is 9.36 Å². The van der Waals surface area contributed by atoms with Crippen LogP contribution in [0.4, 0.5) is 0 Å². The van der Waals surface area contributed by atoms with Gasteiger partial charge in [-0.2, -0.15) is 0 Å². The number of fused-ring (bicyclic) bond motifs is 1. The second kappa shape index (κ2) is 14.5. The van der Waals surface area contributed by atoms with Gasteiger partial charge in [0.1, 0.15) is 6.61 Å². The van der Waals surface area contributed by atoms with Gasteiger partial charge in [-0.25, -0.2) is 9.79 Å². The Morgan fingerprint density at radius 2 is 1.83 bits per heavy atom. The zero-order valence-corrected chi connectivity index (χ0v) is 26.1. The molecule has 3 aromatic rings. The van der Waals surface area contributed by atoms with E-state index in [4.69, 9.17) is 23.9 Å². The van der Waals surface area contributed by atoms with Crippen molar-refractivity contribution in [1.82, 2.24) is 4.57 Å². The number of thiazole rings is 1. The predicted octanol–water partition coefficient (Wildman–Crippen LogP) is 5.13. The number of esters is 1. The number of carbonyl (C=O) groups excluding carboxylic acids is 1. The van der Waals surface area contributed by atoms with Gasteiger partial charge in [-0.15, -0.1) is 0 Å². The highest BCUT2D eigenvalue weighted by molar-refractivity contribution is 7.07. The third-order valence-electron chi connectivity index (χ3n) is 7.19. The van der Waals surface area contributed by atoms with E-state index in [1.54, 1.807) is 25.7 Å². The average Bonchev–Trinajstić information content (AvgIpc) is 3.28. The smallest absolute Gasteiger partial charge is 0.338 e. The molecule has 1 atom stereocenters. The van der Waals surface area contributed by atoms with Crippen molar-refractivity contribution in [1.29, 1.82) is 0 Å². The van der Waals surface area contributed by atoms with E-state index < -0.39 is 12.0 Å². The summed E-state index contributed by atoms with van der Waals surface area (Å²) in [6.07, 6.45) is 4.90. The van der Waals surface area contributed by atoms with Gasteiger partial charge in [-0.05, 0) is 42.5 Å². The van der Waals surface area contributed by atoms with Crippen molar-refractivity contribution in [2.45, 2.75) is 58.9 Å². The molecule has 2 heterocycles. The first-order valence-electron chi connectivity index (χ1n) is 14.4. The molecule has 224 valence electrons. The zero-order valence-electron chi connectivity index (χ0n) is 25.3. The number of unbranched alkanes of at least 4 members (excludes halogenated alkanes) is 2. The Kier molecular flexibility index (Phi) is 10.8. The normalized spacial score (nSPS) is 15.0. The Morgan fingerprint density at radius 3 is 2.50 bits per heavy atom. The summed E-state index contributed by atoms with van der Waals surface area (Å²) in [5.74, 6) is 1.03. The van der Waals surface area contributed by atoms with Crippen molar-refractivity contribution in [2.24, 2.45) is 4.99 Å². The fourth-order valence-corrected chi connectivity index (χ4v) is 5.92. The fraction of sp³-hybridized carbons (Fsp3) is 0.424. The largest absolute Gasteiger partial charge is 0.493 e. The first-order valence-corrected chi connectivity index (χ1v) is 15.2. The minimum Gasteiger partial charge on any atom is -0.493 e. The molecule has 1 aromatic heterocycles. The van der Waals surface area contributed by atoms with E-state index in [1.165, 1.54) is 16.9 Å². The van der Waals surface area contributed by atoms with Crippen LogP contribution in [0.2, 0.25) is 0 Å². The minimum atomic E-state index is -0.685. The summed E-state index contributed by atoms with van der Waals surface area (Å²) in [5, 5.41) is 0. The first kappa shape index (κ1) is 31.3. The summed E-state index contributed by atoms with van der Waals surface area (Å²) in [4.78, 5) is 32.7. The molecule has 1 aliphatic heterocycles. The molecule has 1 aliphatic rings. The summed E-state index contributed by atoms with van der Waals surface area (Å²) in [6.45, 7) is 9.11. The van der Waals surface area contributed by atoms with Crippen LogP contribution < -0.4 is 24.4 Å². The molecule has 42 heavy (non-hydrogen) atoms. The van der Waals surface area contributed by atoms with Gasteiger partial charge in [0.05, 0.1) is 42.2 Å². The lowest BCUT2D eigenvalue weighted by Gasteiger charge is -2.25. The van der Waals surface area contributed by atoms with Gasteiger partial charge >= 0.3 is 5.97 Å². The summed E-state index contributed by atoms with van der Waals surface area (Å²) in [7, 11) is 3.15. The molecule has 0 N–H and O–H groups in total. The second-order valence-corrected chi connectivity index (χ2v) is 11.5. The summed E-state index contributed by atoms with van der Waals surface area (Å²) >= 11 is 1.28. The van der Waals surface area contributed by atoms with Crippen LogP contribution in [0.1, 0.15) is 75.6 Å². The molecule has 4 rings (SSSR count). The maximum atomic E-state index is 14.1. The quantitative estimate of drug-likeness (QED) is 0.202. The van der Waals surface area contributed by atoms with Crippen LogP contribution >= 0.6 is 11.3 Å². The number of carbonyl (C=O) groups is 1. The van der Waals surface area contributed by atoms with Crippen LogP contribution in [0.3, 0.4) is 0 Å². The van der Waals surface area contributed by atoms with E-state index in [0.29, 0.717) is 44.6 Å². The highest BCUT2D eigenvalue weighted by atomic mass is 32.1. The Morgan fingerprint density at radius 1 is 1.07 bits per heavy atom. The molecule has 0 saturated carbocycles. The molecular formula is C33H40N2O6S. The third-order valence-corrected chi connectivity index (χ3v) is 8.17. The Labute approximate surface area is 250 Å². The SMILES string of the molecule is CCCCCOc1c(C=c2sc3n(c2=O)C(c2ccc(C(C)C)cc2)C(C(=O)OCCOC)=C(C)N=3)cccc1OC. The van der Waals surface area contributed by atoms with E-state index in [9.17, 15) is 9.59 Å². The Bertz CT molecular complexity index is 1600. The molecule has 0 amide bonds. The van der Waals surface area contributed by atoms with Crippen LogP contribution in [-0.2, 0) is 14.3 Å². The van der Waals surface area contributed by atoms with Crippen LogP contribution in [0.15, 0.2) is 63.5 Å². The maximum Gasteiger partial charge on any atom is 0.338 e. The van der Waals surface area contributed by atoms with Crippen molar-refractivity contribution in [3.8, 4) is 11.5 Å². The molecule has 9 heteroatoms. The van der Waals surface area contributed by atoms with Gasteiger partial charge in [0, 0.05) is 12.7 Å². The van der Waals surface area contributed by atoms with Crippen molar-refractivity contribution < 1.29 is 23.7 Å². The third kappa shape index (κ3) is 6.85. The monoisotopic (exact) mass is 592 g/mol. The second-order valence-electron chi connectivity index (χ2n) is 10.5. The number of nitrogens with zero attached hydrogens (tertiary/aromatic N) is 2. The molecule has 0 bridgehead atoms. The first-order chi connectivity index (χ1) is 20.3. The van der Waals surface area contributed by atoms with Crippen molar-refractivity contribution in [3.05, 3.63) is 90.1 Å². The van der Waals surface area contributed by atoms with Crippen LogP contribution in [0.5, 0.6) is 11.5 Å². The fourth-order valence-electron chi connectivity index (χ4n) is 4.89. The number of ether oxygens (including phenoxy) is 4. The average molecular weight is 593 g/mol. The molecule has 8 nitrogen and oxygen atoms in total. The highest BCUT2D eigenvalue weighted by Crippen LogP contribution is 2.33. The topological polar surface area (TPSA) is 88.4 Å². The molecule has 0 aliphatic carbocycles. The number of methoxy groups -OCH3 is 2. The number of allylic oxidation sites excluding steroid dienone is 1. The summed E-state index contributed by atoms with van der Waals surface area (Å²) < 4.78 is 24.4. The molecule has 0 spiro atoms. The van der Waals surface area contributed by atoms with E-state index in [-0.39, 0.29) is 18.8 Å². The number of benzene rings is 2. The number of aromatic nitrogens is 1. The van der Waals surface area contributed by atoms with Crippen molar-refractivity contribution in [2.75, 3.05) is 34.0 Å². The Balaban J connectivity index is 1.85. The lowest BCUT2D eigenvalue weighted by atomic mass is 9.93. The van der Waals surface area contributed by atoms with Crippen LogP contribution in [0.25, 0.3) is 6.08 Å². The molecule has 0 saturated heterocycles. The number of hydrogen-bond donors (Lipinski definition) is 0. The minimum absolute atomic E-state index is 0.104. The Hall–Kier alpha value is -3.69. The van der Waals surface area contributed by atoms with E-state index in [0.717, 1.165) is 30.4 Å². The number of rotatable bonds is 13. The maximum absolute atomic E-state index is 14.1. The van der Waals surface area contributed by atoms with Crippen LogP contribution in [0, 0.1) is 0 Å². The standard InChI is InChI=1S/C33H40N2O6S/c1-7-8-9-17-40-30-25(11-10-12-26(30)39-6)20-27-31(36)35-29(24-15-13-23(14-16-24)21(2)3)28(22(4)34-33(35)42-27)32(37)41-19-18-38-5/h10-16,20-21,29H,7-9,17-19H2,1-6H3. The van der Waals surface area contributed by atoms with E-state index >= 15 is 0 Å². The highest BCUT2D eigenvalue weighted by Gasteiger charge is 2.33. The van der Waals surface area contributed by atoms with Gasteiger partial charge in [0.15, 0.2) is 16.3 Å². The molecule has 0 radical (unpaired) electrons. The molecule has 0 fully saturated rings. The van der Waals surface area contributed by atoms with E-state index in [1.807, 2.05) is 48.5 Å². The van der Waals surface area contributed by atoms with Gasteiger partial charge < -0.3 is 18.9 Å². The molecular weight excluding hydrogens is 552 g/mol.